The first-order valence-corrected chi connectivity index (χ1v) is 7.99. The monoisotopic (exact) mass is 336 g/mol. The summed E-state index contributed by atoms with van der Waals surface area (Å²) < 4.78 is 5.10. The highest BCUT2D eigenvalue weighted by Crippen LogP contribution is 2.10. The summed E-state index contributed by atoms with van der Waals surface area (Å²) in [6.45, 7) is 2.98. The van der Waals surface area contributed by atoms with Gasteiger partial charge in [0, 0.05) is 39.3 Å². The molecule has 0 spiro atoms. The smallest absolute Gasteiger partial charge is 0.289 e. The number of rotatable bonds is 6. The first-order valence-electron chi connectivity index (χ1n) is 7.99. The molecule has 2 rings (SSSR count). The van der Waals surface area contributed by atoms with E-state index < -0.39 is 0 Å². The molecule has 0 bridgehead atoms. The zero-order valence-electron chi connectivity index (χ0n) is 14.2. The Labute approximate surface area is 141 Å². The molecule has 0 atom stereocenters. The number of hydrogen-bond acceptors (Lipinski definition) is 5. The van der Waals surface area contributed by atoms with E-state index in [-0.39, 0.29) is 24.1 Å². The summed E-state index contributed by atoms with van der Waals surface area (Å²) in [5, 5.41) is 2.72. The molecule has 0 radical (unpaired) electrons. The first-order chi connectivity index (χ1) is 11.5. The van der Waals surface area contributed by atoms with Gasteiger partial charge in [-0.15, -0.1) is 0 Å². The van der Waals surface area contributed by atoms with Gasteiger partial charge >= 0.3 is 0 Å². The van der Waals surface area contributed by atoms with Gasteiger partial charge in [0.25, 0.3) is 5.91 Å². The summed E-state index contributed by atoms with van der Waals surface area (Å²) in [6, 6.07) is 3.29. The van der Waals surface area contributed by atoms with Crippen molar-refractivity contribution in [3.8, 4) is 0 Å². The summed E-state index contributed by atoms with van der Waals surface area (Å²) in [6.07, 6.45) is 1.31. The van der Waals surface area contributed by atoms with E-state index in [1.165, 1.54) is 6.26 Å². The van der Waals surface area contributed by atoms with E-state index in [4.69, 9.17) is 4.42 Å². The molecular weight excluding hydrogens is 312 g/mol. The number of furan rings is 1. The summed E-state index contributed by atoms with van der Waals surface area (Å²) in [7, 11) is 3.83. The maximum atomic E-state index is 12.1. The van der Waals surface area contributed by atoms with E-state index in [0.717, 1.165) is 6.54 Å². The fraction of sp³-hybridized carbons (Fsp3) is 0.562. The second-order valence-electron chi connectivity index (χ2n) is 5.98. The van der Waals surface area contributed by atoms with Gasteiger partial charge in [0.2, 0.25) is 11.8 Å². The summed E-state index contributed by atoms with van der Waals surface area (Å²) in [5.74, 6) is -0.345. The molecule has 8 nitrogen and oxygen atoms in total. The molecule has 0 unspecified atom stereocenters. The van der Waals surface area contributed by atoms with Crippen LogP contribution in [0.2, 0.25) is 0 Å². The molecule has 2 heterocycles. The lowest BCUT2D eigenvalue weighted by molar-refractivity contribution is -0.137. The highest BCUT2D eigenvalue weighted by molar-refractivity contribution is 5.97. The lowest BCUT2D eigenvalue weighted by Crippen LogP contribution is -2.51. The van der Waals surface area contributed by atoms with Crippen molar-refractivity contribution in [3.63, 3.8) is 0 Å². The van der Waals surface area contributed by atoms with Crippen molar-refractivity contribution in [2.75, 3.05) is 53.4 Å². The Kier molecular flexibility index (Phi) is 6.36. The average Bonchev–Trinajstić information content (AvgIpc) is 3.08. The van der Waals surface area contributed by atoms with Crippen molar-refractivity contribution in [1.82, 2.24) is 20.0 Å². The molecule has 1 saturated heterocycles. The maximum absolute atomic E-state index is 12.1. The van der Waals surface area contributed by atoms with Crippen LogP contribution in [0, 0.1) is 0 Å². The fourth-order valence-corrected chi connectivity index (χ4v) is 2.45. The molecule has 1 aliphatic rings. The van der Waals surface area contributed by atoms with Gasteiger partial charge in [0.15, 0.2) is 5.76 Å². The number of carbonyl (C=O) groups excluding carboxylic acids is 3. The van der Waals surface area contributed by atoms with E-state index in [9.17, 15) is 14.4 Å². The van der Waals surface area contributed by atoms with E-state index >= 15 is 0 Å². The third-order valence-electron chi connectivity index (χ3n) is 3.84. The predicted octanol–water partition coefficient (Wildman–Crippen LogP) is -0.368. The quantitative estimate of drug-likeness (QED) is 0.717. The molecule has 0 aliphatic carbocycles. The molecule has 3 amide bonds. The number of nitrogens with zero attached hydrogens (tertiary/aromatic N) is 3. The number of carbonyl (C=O) groups is 3. The van der Waals surface area contributed by atoms with Crippen LogP contribution >= 0.6 is 0 Å². The van der Waals surface area contributed by atoms with Crippen molar-refractivity contribution in [3.05, 3.63) is 24.2 Å². The second-order valence-corrected chi connectivity index (χ2v) is 5.98. The van der Waals surface area contributed by atoms with E-state index in [1.807, 2.05) is 19.0 Å². The van der Waals surface area contributed by atoms with E-state index in [1.54, 1.807) is 21.9 Å². The molecule has 8 heteroatoms. The van der Waals surface area contributed by atoms with Crippen molar-refractivity contribution in [1.29, 1.82) is 0 Å². The SMILES string of the molecule is CN(C)CCNC(=O)CC(=O)N1CCN(C(=O)c2ccco2)CC1. The van der Waals surface area contributed by atoms with Crippen LogP contribution in [-0.4, -0.2) is 85.8 Å². The van der Waals surface area contributed by atoms with Gasteiger partial charge in [0.1, 0.15) is 6.42 Å². The lowest BCUT2D eigenvalue weighted by Gasteiger charge is -2.34. The van der Waals surface area contributed by atoms with Crippen LogP contribution in [0.3, 0.4) is 0 Å². The van der Waals surface area contributed by atoms with Crippen LogP contribution in [-0.2, 0) is 9.59 Å². The summed E-state index contributed by atoms with van der Waals surface area (Å²) in [5.41, 5.74) is 0. The average molecular weight is 336 g/mol. The van der Waals surface area contributed by atoms with Gasteiger partial charge in [-0.25, -0.2) is 0 Å². The number of likely N-dealkylation sites (N-methyl/N-ethyl adjacent to an activating group) is 1. The number of amides is 3. The second kappa shape index (κ2) is 8.49. The van der Waals surface area contributed by atoms with E-state index in [2.05, 4.69) is 5.32 Å². The van der Waals surface area contributed by atoms with Gasteiger partial charge in [-0.2, -0.15) is 0 Å². The Morgan fingerprint density at radius 3 is 2.42 bits per heavy atom. The third-order valence-corrected chi connectivity index (χ3v) is 3.84. The third kappa shape index (κ3) is 5.09. The molecule has 0 saturated carbocycles. The maximum Gasteiger partial charge on any atom is 0.289 e. The van der Waals surface area contributed by atoms with Crippen LogP contribution in [0.4, 0.5) is 0 Å². The molecule has 132 valence electrons. The van der Waals surface area contributed by atoms with E-state index in [0.29, 0.717) is 38.5 Å². The zero-order chi connectivity index (χ0) is 17.5. The highest BCUT2D eigenvalue weighted by Gasteiger charge is 2.26. The Balaban J connectivity index is 1.72. The Morgan fingerprint density at radius 1 is 1.17 bits per heavy atom. The highest BCUT2D eigenvalue weighted by atomic mass is 16.3. The van der Waals surface area contributed by atoms with Crippen molar-refractivity contribution >= 4 is 17.7 Å². The van der Waals surface area contributed by atoms with Crippen LogP contribution < -0.4 is 5.32 Å². The van der Waals surface area contributed by atoms with Gasteiger partial charge < -0.3 is 24.4 Å². The fourth-order valence-electron chi connectivity index (χ4n) is 2.45. The normalized spacial score (nSPS) is 14.8. The van der Waals surface area contributed by atoms with Crippen LogP contribution in [0.25, 0.3) is 0 Å². The van der Waals surface area contributed by atoms with Crippen LogP contribution in [0.1, 0.15) is 17.0 Å². The predicted molar refractivity (Wildman–Crippen MR) is 87.4 cm³/mol. The molecular formula is C16H24N4O4. The minimum absolute atomic E-state index is 0.153. The molecule has 1 aromatic rings. The van der Waals surface area contributed by atoms with Crippen LogP contribution in [0.5, 0.6) is 0 Å². The summed E-state index contributed by atoms with van der Waals surface area (Å²) >= 11 is 0. The molecule has 1 fully saturated rings. The van der Waals surface area contributed by atoms with Gasteiger partial charge in [0.05, 0.1) is 6.26 Å². The standard InChI is InChI=1S/C16H24N4O4/c1-18(2)6-5-17-14(21)12-15(22)19-7-9-20(10-8-19)16(23)13-4-3-11-24-13/h3-4,11H,5-10,12H2,1-2H3,(H,17,21). The molecule has 24 heavy (non-hydrogen) atoms. The van der Waals surface area contributed by atoms with Crippen molar-refractivity contribution in [2.45, 2.75) is 6.42 Å². The van der Waals surface area contributed by atoms with Crippen LogP contribution in [0.15, 0.2) is 22.8 Å². The zero-order valence-corrected chi connectivity index (χ0v) is 14.2. The van der Waals surface area contributed by atoms with Gasteiger partial charge in [-0.3, -0.25) is 14.4 Å². The largest absolute Gasteiger partial charge is 0.459 e. The summed E-state index contributed by atoms with van der Waals surface area (Å²) in [4.78, 5) is 41.3. The Bertz CT molecular complexity index is 563. The lowest BCUT2D eigenvalue weighted by atomic mass is 10.2. The minimum atomic E-state index is -0.268. The van der Waals surface area contributed by atoms with Gasteiger partial charge in [-0.05, 0) is 26.2 Å². The number of piperazine rings is 1. The number of nitrogens with one attached hydrogen (secondary N) is 1. The van der Waals surface area contributed by atoms with Gasteiger partial charge in [-0.1, -0.05) is 0 Å². The Morgan fingerprint density at radius 2 is 1.83 bits per heavy atom. The molecule has 1 aromatic heterocycles. The topological polar surface area (TPSA) is 86.1 Å². The van der Waals surface area contributed by atoms with Crippen molar-refractivity contribution in [2.24, 2.45) is 0 Å². The number of hydrogen-bond donors (Lipinski definition) is 1. The molecule has 1 N–H and O–H groups in total. The first kappa shape index (κ1) is 18.0. The molecule has 0 aromatic carbocycles. The van der Waals surface area contributed by atoms with Crippen molar-refractivity contribution < 1.29 is 18.8 Å². The Hall–Kier alpha value is -2.35. The minimum Gasteiger partial charge on any atom is -0.459 e. The molecule has 1 aliphatic heterocycles.